The highest BCUT2D eigenvalue weighted by Gasteiger charge is 2.40. The fourth-order valence-electron chi connectivity index (χ4n) is 1.84. The highest BCUT2D eigenvalue weighted by molar-refractivity contribution is 6.82. The first-order valence-corrected chi connectivity index (χ1v) is 8.76. The molecule has 0 spiro atoms. The van der Waals surface area contributed by atoms with Crippen molar-refractivity contribution in [2.45, 2.75) is 19.6 Å². The van der Waals surface area contributed by atoms with Crippen molar-refractivity contribution in [3.63, 3.8) is 0 Å². The fraction of sp³-hybridized carbons (Fsp3) is 0.583. The van der Waals surface area contributed by atoms with Crippen molar-refractivity contribution in [1.29, 1.82) is 0 Å². The third-order valence-corrected chi connectivity index (χ3v) is 4.46. The average molecular weight is 209 g/mol. The predicted molar refractivity (Wildman–Crippen MR) is 65.6 cm³/mol. The maximum absolute atomic E-state index is 2.42. The molecule has 2 heteroatoms. The van der Waals surface area contributed by atoms with Crippen LogP contribution in [-0.2, 0) is 0 Å². The molecule has 0 heterocycles. The maximum Gasteiger partial charge on any atom is 0.0851 e. The van der Waals surface area contributed by atoms with E-state index in [1.54, 1.807) is 11.5 Å². The van der Waals surface area contributed by atoms with Crippen LogP contribution >= 0.6 is 0 Å². The Morgan fingerprint density at radius 1 is 1.07 bits per heavy atom. The van der Waals surface area contributed by atoms with E-state index in [0.29, 0.717) is 0 Å². The summed E-state index contributed by atoms with van der Waals surface area (Å²) in [5.74, 6) is 1.55. The van der Waals surface area contributed by atoms with E-state index >= 15 is 0 Å². The number of nitrogens with zero attached hydrogens (tertiary/aromatic N) is 1. The van der Waals surface area contributed by atoms with E-state index in [1.165, 1.54) is 0 Å². The van der Waals surface area contributed by atoms with Crippen LogP contribution in [0, 0.1) is 30.7 Å². The molecule has 0 N–H and O–H groups in total. The molecule has 0 aromatic rings. The first-order chi connectivity index (χ1) is 6.20. The van der Waals surface area contributed by atoms with Crippen LogP contribution in [0.2, 0.25) is 19.6 Å². The van der Waals surface area contributed by atoms with Crippen molar-refractivity contribution >= 4 is 8.07 Å². The smallest absolute Gasteiger partial charge is 0.0851 e. The lowest BCUT2D eigenvalue weighted by Crippen LogP contribution is -2.43. The van der Waals surface area contributed by atoms with E-state index in [1.807, 2.05) is 0 Å². The zero-order valence-corrected chi connectivity index (χ0v) is 11.4. The SMILES string of the molecule is C[N+](C)(C)C[C]1[CH][CH][CH][C]1[Si](C)(C)C. The highest BCUT2D eigenvalue weighted by atomic mass is 28.3. The minimum absolute atomic E-state index is 1.02. The van der Waals surface area contributed by atoms with Gasteiger partial charge in [0.25, 0.3) is 0 Å². The molecule has 1 fully saturated rings. The summed E-state index contributed by atoms with van der Waals surface area (Å²) < 4.78 is 1.02. The molecule has 1 aliphatic rings. The van der Waals surface area contributed by atoms with E-state index in [-0.39, 0.29) is 0 Å². The minimum atomic E-state index is -1.14. The van der Waals surface area contributed by atoms with Gasteiger partial charge in [0, 0.05) is 5.92 Å². The van der Waals surface area contributed by atoms with Crippen molar-refractivity contribution < 1.29 is 4.48 Å². The largest absolute Gasteiger partial charge is 0.330 e. The quantitative estimate of drug-likeness (QED) is 0.494. The molecular weight excluding hydrogens is 186 g/mol. The lowest BCUT2D eigenvalue weighted by Gasteiger charge is -2.34. The van der Waals surface area contributed by atoms with Gasteiger partial charge in [0.2, 0.25) is 0 Å². The van der Waals surface area contributed by atoms with E-state index in [2.05, 4.69) is 60.0 Å². The average Bonchev–Trinajstić information content (AvgIpc) is 2.29. The molecule has 1 saturated carbocycles. The zero-order chi connectivity index (χ0) is 11.0. The second-order valence-electron chi connectivity index (χ2n) is 6.16. The maximum atomic E-state index is 2.42. The summed E-state index contributed by atoms with van der Waals surface area (Å²) in [5.41, 5.74) is 1.63. The van der Waals surface area contributed by atoms with Gasteiger partial charge < -0.3 is 4.48 Å². The Kier molecular flexibility index (Phi) is 3.48. The number of hydrogen-bond donors (Lipinski definition) is 0. The molecular formula is C12H23NSi+. The molecule has 0 amide bonds. The second-order valence-corrected chi connectivity index (χ2v) is 11.2. The van der Waals surface area contributed by atoms with E-state index in [4.69, 9.17) is 0 Å². The van der Waals surface area contributed by atoms with E-state index in [9.17, 15) is 0 Å². The summed E-state index contributed by atoms with van der Waals surface area (Å²) in [7, 11) is 5.62. The van der Waals surface area contributed by atoms with E-state index in [0.717, 1.165) is 11.0 Å². The van der Waals surface area contributed by atoms with Gasteiger partial charge in [0.05, 0.1) is 35.8 Å². The summed E-state index contributed by atoms with van der Waals surface area (Å²) in [6.07, 6.45) is 6.81. The number of quaternary nitrogens is 1. The van der Waals surface area contributed by atoms with Gasteiger partial charge in [-0.2, -0.15) is 0 Å². The van der Waals surface area contributed by atoms with Gasteiger partial charge in [0.15, 0.2) is 0 Å². The Labute approximate surface area is 91.1 Å². The van der Waals surface area contributed by atoms with Crippen LogP contribution in [0.3, 0.4) is 0 Å². The summed E-state index contributed by atoms with van der Waals surface area (Å²) in [4.78, 5) is 0. The van der Waals surface area contributed by atoms with Gasteiger partial charge in [-0.1, -0.05) is 19.6 Å². The number of rotatable bonds is 3. The Hall–Kier alpha value is 0.177. The molecule has 0 aromatic carbocycles. The van der Waals surface area contributed by atoms with Gasteiger partial charge in [-0.25, -0.2) is 0 Å². The Morgan fingerprint density at radius 3 is 2.07 bits per heavy atom. The molecule has 0 saturated heterocycles. The van der Waals surface area contributed by atoms with Crippen LogP contribution < -0.4 is 0 Å². The predicted octanol–water partition coefficient (Wildman–Crippen LogP) is 2.35. The van der Waals surface area contributed by atoms with Gasteiger partial charge in [-0.3, -0.25) is 0 Å². The molecule has 0 aromatic heterocycles. The normalized spacial score (nSPS) is 21.9. The Balaban J connectivity index is 2.61. The van der Waals surface area contributed by atoms with Crippen LogP contribution in [-0.4, -0.2) is 40.2 Å². The molecule has 0 unspecified atom stereocenters. The standard InChI is InChI=1S/C12H23NSi/c1-13(2,3)10-11-8-7-9-12(11)14(4,5)6/h7-9H,10H2,1-6H3/q+1. The molecule has 1 aliphatic carbocycles. The molecule has 0 aliphatic heterocycles. The molecule has 0 atom stereocenters. The molecule has 1 nitrogen and oxygen atoms in total. The molecule has 14 heavy (non-hydrogen) atoms. The topological polar surface area (TPSA) is 0 Å². The van der Waals surface area contributed by atoms with Crippen molar-refractivity contribution in [2.24, 2.45) is 0 Å². The van der Waals surface area contributed by atoms with Crippen LogP contribution in [0.1, 0.15) is 0 Å². The van der Waals surface area contributed by atoms with Crippen LogP contribution in [0.5, 0.6) is 0 Å². The van der Waals surface area contributed by atoms with Crippen LogP contribution in [0.4, 0.5) is 0 Å². The van der Waals surface area contributed by atoms with Crippen molar-refractivity contribution in [3.05, 3.63) is 30.7 Å². The monoisotopic (exact) mass is 209 g/mol. The van der Waals surface area contributed by atoms with Crippen LogP contribution in [0.15, 0.2) is 0 Å². The minimum Gasteiger partial charge on any atom is -0.330 e. The summed E-state index contributed by atoms with van der Waals surface area (Å²) in [5, 5.41) is 0. The highest BCUT2D eigenvalue weighted by Crippen LogP contribution is 2.40. The Morgan fingerprint density at radius 2 is 1.64 bits per heavy atom. The zero-order valence-electron chi connectivity index (χ0n) is 10.4. The second kappa shape index (κ2) is 3.97. The van der Waals surface area contributed by atoms with E-state index < -0.39 is 8.07 Å². The van der Waals surface area contributed by atoms with Crippen LogP contribution in [0.25, 0.3) is 0 Å². The third kappa shape index (κ3) is 3.39. The van der Waals surface area contributed by atoms with Gasteiger partial charge >= 0.3 is 0 Å². The lowest BCUT2D eigenvalue weighted by atomic mass is 10.1. The summed E-state index contributed by atoms with van der Waals surface area (Å²) >= 11 is 0. The van der Waals surface area contributed by atoms with Crippen molar-refractivity contribution in [3.8, 4) is 0 Å². The molecule has 0 bridgehead atoms. The first-order valence-electron chi connectivity index (χ1n) is 5.26. The van der Waals surface area contributed by atoms with Crippen molar-refractivity contribution in [2.75, 3.05) is 27.7 Å². The first kappa shape index (κ1) is 12.2. The van der Waals surface area contributed by atoms with Crippen molar-refractivity contribution in [1.82, 2.24) is 0 Å². The number of hydrogen-bond acceptors (Lipinski definition) is 0. The third-order valence-electron chi connectivity index (χ3n) is 2.36. The van der Waals surface area contributed by atoms with Gasteiger partial charge in [-0.15, -0.1) is 0 Å². The lowest BCUT2D eigenvalue weighted by molar-refractivity contribution is -0.867. The van der Waals surface area contributed by atoms with Gasteiger partial charge in [-0.05, 0) is 24.8 Å². The summed E-state index contributed by atoms with van der Waals surface area (Å²) in [6.45, 7) is 8.40. The van der Waals surface area contributed by atoms with Gasteiger partial charge in [0.1, 0.15) is 0 Å². The Bertz CT molecular complexity index is 187. The molecule has 1 rings (SSSR count). The molecule has 79 valence electrons. The molecule has 5 radical (unpaired) electrons. The fourth-order valence-corrected chi connectivity index (χ4v) is 3.56. The summed E-state index contributed by atoms with van der Waals surface area (Å²) in [6, 6.07) is 0.